The van der Waals surface area contributed by atoms with Crippen LogP contribution < -0.4 is 0 Å². The van der Waals surface area contributed by atoms with Crippen molar-refractivity contribution in [3.63, 3.8) is 0 Å². The minimum atomic E-state index is 1.07. The molecule has 0 nitrogen and oxygen atoms in total. The minimum absolute atomic E-state index is 1.07. The van der Waals surface area contributed by atoms with Crippen LogP contribution in [0.2, 0.25) is 4.94 Å². The summed E-state index contributed by atoms with van der Waals surface area (Å²) in [6, 6.07) is 0. The van der Waals surface area contributed by atoms with E-state index in [1.54, 1.807) is 0 Å². The van der Waals surface area contributed by atoms with Gasteiger partial charge in [0.25, 0.3) is 0 Å². The van der Waals surface area contributed by atoms with E-state index in [2.05, 4.69) is 63.6 Å². The van der Waals surface area contributed by atoms with Crippen LogP contribution in [0.25, 0.3) is 0 Å². The van der Waals surface area contributed by atoms with Gasteiger partial charge in [0.1, 0.15) is 0 Å². The fourth-order valence-electron chi connectivity index (χ4n) is 10.1. The molecule has 0 aromatic rings. The number of thiol groups is 3. The van der Waals surface area contributed by atoms with Crippen LogP contribution in [-0.4, -0.2) is 39.8 Å². The molecule has 0 aromatic carbocycles. The second-order valence-electron chi connectivity index (χ2n) is 22.3. The molecule has 0 saturated carbocycles. The van der Waals surface area contributed by atoms with Crippen LogP contribution in [0.4, 0.5) is 0 Å². The number of hydrogen-bond donors (Lipinski definition) is 3. The van der Waals surface area contributed by atoms with E-state index < -0.39 is 0 Å². The molecule has 0 atom stereocenters. The third kappa shape index (κ3) is 91.6. The summed E-state index contributed by atoms with van der Waals surface area (Å²) < 4.78 is 0. The van der Waals surface area contributed by atoms with Gasteiger partial charge in [-0.1, -0.05) is 387 Å². The summed E-state index contributed by atoms with van der Waals surface area (Å²) in [6.45, 7) is 6.89. The molecule has 0 aliphatic rings. The zero-order valence-corrected chi connectivity index (χ0v) is 56.4. The van der Waals surface area contributed by atoms with Crippen molar-refractivity contribution in [2.24, 2.45) is 0 Å². The van der Waals surface area contributed by atoms with Gasteiger partial charge in [0.15, 0.2) is 0 Å². The summed E-state index contributed by atoms with van der Waals surface area (Å²) in [5.41, 5.74) is 0. The van der Waals surface area contributed by atoms with Crippen molar-refractivity contribution in [2.75, 3.05) is 17.3 Å². The van der Waals surface area contributed by atoms with E-state index in [0.29, 0.717) is 0 Å². The van der Waals surface area contributed by atoms with Crippen LogP contribution in [0, 0.1) is 0 Å². The van der Waals surface area contributed by atoms with Crippen LogP contribution in [-0.2, 0) is 0 Å². The first-order chi connectivity index (χ1) is 35.2. The summed E-state index contributed by atoms with van der Waals surface area (Å²) in [4.78, 5) is 2.13. The topological polar surface area (TPSA) is 0 Å². The Bertz CT molecular complexity index is 619. The van der Waals surface area contributed by atoms with Crippen LogP contribution >= 0.6 is 37.9 Å². The fourth-order valence-corrected chi connectivity index (χ4v) is 10.8. The first-order valence-corrected chi connectivity index (χ1v) is 38.8. The molecule has 0 rings (SSSR count). The first-order valence-electron chi connectivity index (χ1n) is 33.6. The molecule has 0 heterocycles. The molecule has 4 heteroatoms. The zero-order valence-electron chi connectivity index (χ0n) is 50.5. The summed E-state index contributed by atoms with van der Waals surface area (Å²) in [5, 5.41) is 0. The quantitative estimate of drug-likeness (QED) is 0.0302. The van der Waals surface area contributed by atoms with Gasteiger partial charge in [0.2, 0.25) is 0 Å². The molecule has 0 unspecified atom stereocenters. The standard InChI is InChI=1S/3C22H46S.CH3.Sn.H/c3*1-2-3-4-5-6-7-8-9-10-11-12-13-14-15-16-17-18-19-20-21-22-23;;;/h3*23H,2-22H2,1H3;1H3;;. The van der Waals surface area contributed by atoms with Gasteiger partial charge in [0, 0.05) is 0 Å². The van der Waals surface area contributed by atoms with E-state index in [-0.39, 0.29) is 0 Å². The monoisotopic (exact) mass is 1160 g/mol. The number of hydrogen-bond acceptors (Lipinski definition) is 3. The van der Waals surface area contributed by atoms with E-state index in [9.17, 15) is 0 Å². The fraction of sp³-hybridized carbons (Fsp3) is 1.00. The Hall–Kier alpha value is 1.85. The number of unbranched alkanes of at least 4 members (excludes halogenated alkanes) is 57. The van der Waals surface area contributed by atoms with Gasteiger partial charge in [-0.25, -0.2) is 0 Å². The second kappa shape index (κ2) is 85.8. The maximum absolute atomic E-state index is 4.26. The third-order valence-electron chi connectivity index (χ3n) is 15.0. The molecular formula is C67H142S3Sn. The van der Waals surface area contributed by atoms with Crippen molar-refractivity contribution in [1.82, 2.24) is 0 Å². The van der Waals surface area contributed by atoms with Crippen LogP contribution in [0.15, 0.2) is 0 Å². The van der Waals surface area contributed by atoms with Crippen molar-refractivity contribution >= 4 is 60.4 Å². The normalized spacial score (nSPS) is 11.0. The third-order valence-corrected chi connectivity index (χ3v) is 16.0. The molecule has 0 aromatic heterocycles. The molecule has 2 radical (unpaired) electrons. The Balaban J connectivity index is -0.000000465. The van der Waals surface area contributed by atoms with E-state index in [1.807, 2.05) is 0 Å². The van der Waals surface area contributed by atoms with Gasteiger partial charge < -0.3 is 0 Å². The van der Waals surface area contributed by atoms with Crippen molar-refractivity contribution in [3.8, 4) is 0 Å². The Morgan fingerprint density at radius 3 is 0.282 bits per heavy atom. The Morgan fingerprint density at radius 1 is 0.141 bits per heavy atom. The molecule has 0 amide bonds. The van der Waals surface area contributed by atoms with E-state index in [4.69, 9.17) is 0 Å². The molecule has 0 fully saturated rings. The van der Waals surface area contributed by atoms with Crippen LogP contribution in [0.1, 0.15) is 406 Å². The molecule has 0 bridgehead atoms. The van der Waals surface area contributed by atoms with E-state index in [1.165, 1.54) is 408 Å². The van der Waals surface area contributed by atoms with Gasteiger partial charge in [-0.2, -0.15) is 37.9 Å². The summed E-state index contributed by atoms with van der Waals surface area (Å²) in [6.07, 6.45) is 87.3. The molecule has 0 saturated heterocycles. The molecular weight excluding hydrogens is 1020 g/mol. The zero-order chi connectivity index (χ0) is 52.5. The average Bonchev–Trinajstić information content (AvgIpc) is 3.39. The van der Waals surface area contributed by atoms with E-state index in [0.717, 1.165) is 17.3 Å². The SMILES string of the molecule is CCCCCCCCCCCCCCCCCCCCCCS.CCCCCCCCCCCCCCCCCCCCCCS.CCCCCCCCCCCCCCCCCCCCCCS.[CH3][SnH]. The predicted molar refractivity (Wildman–Crippen MR) is 349 cm³/mol. The van der Waals surface area contributed by atoms with Gasteiger partial charge in [-0.15, -0.1) is 0 Å². The van der Waals surface area contributed by atoms with Crippen LogP contribution in [0.5, 0.6) is 0 Å². The van der Waals surface area contributed by atoms with Gasteiger partial charge in [0.05, 0.1) is 0 Å². The predicted octanol–water partition coefficient (Wildman–Crippen LogP) is 26.1. The van der Waals surface area contributed by atoms with Gasteiger partial charge in [-0.05, 0) is 36.5 Å². The Morgan fingerprint density at radius 2 is 0.211 bits per heavy atom. The molecule has 0 N–H and O–H groups in total. The summed E-state index contributed by atoms with van der Waals surface area (Å²) >= 11 is 14.1. The van der Waals surface area contributed by atoms with Gasteiger partial charge in [-0.3, -0.25) is 0 Å². The molecule has 0 spiro atoms. The van der Waals surface area contributed by atoms with Crippen LogP contribution in [0.3, 0.4) is 0 Å². The Labute approximate surface area is 485 Å². The van der Waals surface area contributed by atoms with E-state index >= 15 is 0 Å². The summed E-state index contributed by atoms with van der Waals surface area (Å²) in [7, 11) is 0. The molecule has 71 heavy (non-hydrogen) atoms. The Kier molecular flexibility index (Phi) is 95.8. The van der Waals surface area contributed by atoms with Crippen molar-refractivity contribution in [3.05, 3.63) is 0 Å². The molecule has 0 aliphatic heterocycles. The van der Waals surface area contributed by atoms with Crippen molar-refractivity contribution < 1.29 is 0 Å². The van der Waals surface area contributed by atoms with Crippen molar-refractivity contribution in [1.29, 1.82) is 0 Å². The van der Waals surface area contributed by atoms with Crippen molar-refractivity contribution in [2.45, 2.75) is 411 Å². The van der Waals surface area contributed by atoms with Gasteiger partial charge >= 0.3 is 27.5 Å². The average molecular weight is 1160 g/mol. The molecule has 0 aliphatic carbocycles. The first kappa shape index (κ1) is 79.3. The maximum atomic E-state index is 4.26. The molecule has 432 valence electrons. The summed E-state index contributed by atoms with van der Waals surface area (Å²) in [5.74, 6) is 3.21. The number of rotatable bonds is 60. The second-order valence-corrected chi connectivity index (χ2v) is 23.7.